The molecule has 0 radical (unpaired) electrons. The zero-order valence-corrected chi connectivity index (χ0v) is 13.8. The fourth-order valence-corrected chi connectivity index (χ4v) is 2.57. The molecule has 0 bridgehead atoms. The van der Waals surface area contributed by atoms with Crippen LogP contribution >= 0.6 is 22.6 Å². The van der Waals surface area contributed by atoms with Gasteiger partial charge in [0, 0.05) is 11.3 Å². The van der Waals surface area contributed by atoms with Gasteiger partial charge < -0.3 is 10.1 Å². The summed E-state index contributed by atoms with van der Waals surface area (Å²) in [4.78, 5) is 12.2. The number of rotatable bonds is 3. The van der Waals surface area contributed by atoms with Crippen molar-refractivity contribution in [1.29, 1.82) is 0 Å². The molecule has 0 aliphatic carbocycles. The second-order valence-corrected chi connectivity index (χ2v) is 5.76. The predicted octanol–water partition coefficient (Wildman–Crippen LogP) is 4.17. The number of carbonyl (C=O) groups is 1. The van der Waals surface area contributed by atoms with Crippen LogP contribution in [0, 0.1) is 17.4 Å². The van der Waals surface area contributed by atoms with Crippen LogP contribution in [-0.2, 0) is 0 Å². The SMILES string of the molecule is COc1ccc(C(=O)Nc2ccc(C)c(C)c2)cc1I. The molecule has 4 heteroatoms. The zero-order valence-electron chi connectivity index (χ0n) is 11.7. The van der Waals surface area contributed by atoms with Crippen molar-refractivity contribution in [2.45, 2.75) is 13.8 Å². The minimum absolute atomic E-state index is 0.117. The molecular formula is C16H16INO2. The van der Waals surface area contributed by atoms with Gasteiger partial charge in [-0.25, -0.2) is 0 Å². The van der Waals surface area contributed by atoms with Gasteiger partial charge >= 0.3 is 0 Å². The van der Waals surface area contributed by atoms with Crippen molar-refractivity contribution >= 4 is 34.2 Å². The Balaban J connectivity index is 2.19. The summed E-state index contributed by atoms with van der Waals surface area (Å²) in [6.07, 6.45) is 0. The molecule has 0 heterocycles. The molecule has 0 aliphatic heterocycles. The van der Waals surface area contributed by atoms with Gasteiger partial charge in [-0.2, -0.15) is 0 Å². The predicted molar refractivity (Wildman–Crippen MR) is 89.6 cm³/mol. The second-order valence-electron chi connectivity index (χ2n) is 4.60. The van der Waals surface area contributed by atoms with Gasteiger partial charge in [-0.1, -0.05) is 6.07 Å². The molecule has 20 heavy (non-hydrogen) atoms. The molecule has 104 valence electrons. The van der Waals surface area contributed by atoms with Gasteiger partial charge in [0.15, 0.2) is 0 Å². The highest BCUT2D eigenvalue weighted by molar-refractivity contribution is 14.1. The average Bonchev–Trinajstić information content (AvgIpc) is 2.42. The first-order valence-corrected chi connectivity index (χ1v) is 7.31. The number of aryl methyl sites for hydroxylation is 2. The number of hydrogen-bond donors (Lipinski definition) is 1. The van der Waals surface area contributed by atoms with E-state index in [0.717, 1.165) is 20.6 Å². The van der Waals surface area contributed by atoms with Crippen molar-refractivity contribution in [3.63, 3.8) is 0 Å². The molecule has 0 unspecified atom stereocenters. The van der Waals surface area contributed by atoms with Gasteiger partial charge in [0.1, 0.15) is 5.75 Å². The summed E-state index contributed by atoms with van der Waals surface area (Å²) in [5, 5.41) is 2.91. The van der Waals surface area contributed by atoms with E-state index in [1.165, 1.54) is 5.56 Å². The van der Waals surface area contributed by atoms with Gasteiger partial charge in [0.25, 0.3) is 5.91 Å². The number of benzene rings is 2. The fourth-order valence-electron chi connectivity index (χ4n) is 1.83. The van der Waals surface area contributed by atoms with Crippen molar-refractivity contribution in [3.8, 4) is 5.75 Å². The van der Waals surface area contributed by atoms with Crippen LogP contribution in [0.1, 0.15) is 21.5 Å². The summed E-state index contributed by atoms with van der Waals surface area (Å²) in [7, 11) is 1.62. The number of amides is 1. The maximum absolute atomic E-state index is 12.2. The Morgan fingerprint density at radius 3 is 2.45 bits per heavy atom. The van der Waals surface area contributed by atoms with E-state index in [2.05, 4.69) is 27.9 Å². The molecule has 3 nitrogen and oxygen atoms in total. The highest BCUT2D eigenvalue weighted by Gasteiger charge is 2.09. The Labute approximate surface area is 132 Å². The van der Waals surface area contributed by atoms with Crippen LogP contribution in [0.15, 0.2) is 36.4 Å². The molecule has 0 aromatic heterocycles. The highest BCUT2D eigenvalue weighted by Crippen LogP contribution is 2.22. The van der Waals surface area contributed by atoms with Gasteiger partial charge in [-0.15, -0.1) is 0 Å². The lowest BCUT2D eigenvalue weighted by Crippen LogP contribution is -2.12. The summed E-state index contributed by atoms with van der Waals surface area (Å²) in [6.45, 7) is 4.08. The van der Waals surface area contributed by atoms with Crippen molar-refractivity contribution in [1.82, 2.24) is 0 Å². The van der Waals surface area contributed by atoms with E-state index in [-0.39, 0.29) is 5.91 Å². The van der Waals surface area contributed by atoms with Crippen LogP contribution < -0.4 is 10.1 Å². The summed E-state index contributed by atoms with van der Waals surface area (Å²) in [5.41, 5.74) is 3.80. The number of hydrogen-bond acceptors (Lipinski definition) is 2. The first kappa shape index (κ1) is 14.8. The molecule has 0 fully saturated rings. The average molecular weight is 381 g/mol. The van der Waals surface area contributed by atoms with Gasteiger partial charge in [0.2, 0.25) is 0 Å². The topological polar surface area (TPSA) is 38.3 Å². The van der Waals surface area contributed by atoms with Crippen LogP contribution in [0.2, 0.25) is 0 Å². The van der Waals surface area contributed by atoms with Crippen LogP contribution in [0.3, 0.4) is 0 Å². The van der Waals surface area contributed by atoms with Gasteiger partial charge in [0.05, 0.1) is 10.7 Å². The number of anilines is 1. The summed E-state index contributed by atoms with van der Waals surface area (Å²) in [5.74, 6) is 0.655. The minimum atomic E-state index is -0.117. The summed E-state index contributed by atoms with van der Waals surface area (Å²) in [6, 6.07) is 11.3. The Bertz CT molecular complexity index is 653. The first-order valence-electron chi connectivity index (χ1n) is 6.23. The monoisotopic (exact) mass is 381 g/mol. The van der Waals surface area contributed by atoms with Crippen LogP contribution in [0.4, 0.5) is 5.69 Å². The lowest BCUT2D eigenvalue weighted by molar-refractivity contribution is 0.102. The smallest absolute Gasteiger partial charge is 0.255 e. The number of methoxy groups -OCH3 is 1. The van der Waals surface area contributed by atoms with Gasteiger partial charge in [-0.3, -0.25) is 4.79 Å². The van der Waals surface area contributed by atoms with E-state index in [0.29, 0.717) is 5.56 Å². The molecule has 2 aromatic carbocycles. The Morgan fingerprint density at radius 1 is 1.10 bits per heavy atom. The van der Waals surface area contributed by atoms with E-state index < -0.39 is 0 Å². The zero-order chi connectivity index (χ0) is 14.7. The molecule has 2 aromatic rings. The molecule has 0 spiro atoms. The molecule has 0 atom stereocenters. The van der Waals surface area contributed by atoms with Crippen molar-refractivity contribution in [3.05, 3.63) is 56.7 Å². The number of carbonyl (C=O) groups excluding carboxylic acids is 1. The maximum atomic E-state index is 12.2. The fraction of sp³-hybridized carbons (Fsp3) is 0.188. The molecule has 1 N–H and O–H groups in total. The highest BCUT2D eigenvalue weighted by atomic mass is 127. The Kier molecular flexibility index (Phi) is 4.65. The van der Waals surface area contributed by atoms with Crippen LogP contribution in [0.25, 0.3) is 0 Å². The molecule has 0 saturated carbocycles. The van der Waals surface area contributed by atoms with E-state index >= 15 is 0 Å². The number of halogens is 1. The van der Waals surface area contributed by atoms with E-state index in [1.54, 1.807) is 19.2 Å². The number of nitrogens with one attached hydrogen (secondary N) is 1. The van der Waals surface area contributed by atoms with E-state index in [1.807, 2.05) is 38.1 Å². The molecule has 2 rings (SSSR count). The van der Waals surface area contributed by atoms with Crippen molar-refractivity contribution < 1.29 is 9.53 Å². The quantitative estimate of drug-likeness (QED) is 0.811. The lowest BCUT2D eigenvalue weighted by atomic mass is 10.1. The van der Waals surface area contributed by atoms with Crippen LogP contribution in [0.5, 0.6) is 5.75 Å². The lowest BCUT2D eigenvalue weighted by Gasteiger charge is -2.09. The molecule has 1 amide bonds. The van der Waals surface area contributed by atoms with Crippen molar-refractivity contribution in [2.24, 2.45) is 0 Å². The first-order chi connectivity index (χ1) is 9.51. The summed E-state index contributed by atoms with van der Waals surface area (Å²) >= 11 is 2.16. The van der Waals surface area contributed by atoms with Gasteiger partial charge in [-0.05, 0) is 77.9 Å². The van der Waals surface area contributed by atoms with Crippen LogP contribution in [-0.4, -0.2) is 13.0 Å². The minimum Gasteiger partial charge on any atom is -0.496 e. The third-order valence-corrected chi connectivity index (χ3v) is 4.02. The third kappa shape index (κ3) is 3.30. The van der Waals surface area contributed by atoms with E-state index in [9.17, 15) is 4.79 Å². The number of ether oxygens (including phenoxy) is 1. The Morgan fingerprint density at radius 2 is 1.85 bits per heavy atom. The molecule has 0 saturated heterocycles. The second kappa shape index (κ2) is 6.26. The largest absolute Gasteiger partial charge is 0.496 e. The third-order valence-electron chi connectivity index (χ3n) is 3.18. The standard InChI is InChI=1S/C16H16INO2/c1-10-4-6-13(8-11(10)2)18-16(19)12-5-7-15(20-3)14(17)9-12/h4-9H,1-3H3,(H,18,19). The van der Waals surface area contributed by atoms with E-state index in [4.69, 9.17) is 4.74 Å². The summed E-state index contributed by atoms with van der Waals surface area (Å²) < 4.78 is 6.10. The van der Waals surface area contributed by atoms with Crippen molar-refractivity contribution in [2.75, 3.05) is 12.4 Å². The Hall–Kier alpha value is -1.56. The normalized spacial score (nSPS) is 10.2. The molecule has 0 aliphatic rings. The maximum Gasteiger partial charge on any atom is 0.255 e. The molecular weight excluding hydrogens is 365 g/mol.